The van der Waals surface area contributed by atoms with Gasteiger partial charge in [-0.3, -0.25) is 4.79 Å². The number of amides is 1. The molecule has 0 saturated carbocycles. The maximum atomic E-state index is 11.6. The number of nitrogens with zero attached hydrogens (tertiary/aromatic N) is 1. The van der Waals surface area contributed by atoms with Gasteiger partial charge in [0.1, 0.15) is 6.04 Å². The smallest absolute Gasteiger partial charge is 0.326 e. The van der Waals surface area contributed by atoms with Crippen LogP contribution in [0.15, 0.2) is 0 Å². The van der Waals surface area contributed by atoms with Crippen molar-refractivity contribution in [2.24, 2.45) is 0 Å². The van der Waals surface area contributed by atoms with Crippen LogP contribution in [0.1, 0.15) is 39.0 Å². The van der Waals surface area contributed by atoms with Crippen LogP contribution in [0, 0.1) is 0 Å². The van der Waals surface area contributed by atoms with E-state index in [-0.39, 0.29) is 5.91 Å². The fourth-order valence-electron chi connectivity index (χ4n) is 1.72. The van der Waals surface area contributed by atoms with Gasteiger partial charge in [-0.1, -0.05) is 12.8 Å². The SMILES string of the molecule is CC(C(=O)O)N1CCCCCCC1=O. The van der Waals surface area contributed by atoms with Gasteiger partial charge in [0.05, 0.1) is 0 Å². The topological polar surface area (TPSA) is 57.6 Å². The third-order valence-corrected chi connectivity index (χ3v) is 2.68. The Bertz CT molecular complexity index is 227. The van der Waals surface area contributed by atoms with E-state index >= 15 is 0 Å². The molecule has 0 radical (unpaired) electrons. The summed E-state index contributed by atoms with van der Waals surface area (Å²) in [6.07, 6.45) is 4.49. The summed E-state index contributed by atoms with van der Waals surface area (Å²) < 4.78 is 0. The largest absolute Gasteiger partial charge is 0.480 e. The molecular weight excluding hydrogens is 182 g/mol. The zero-order valence-corrected chi connectivity index (χ0v) is 8.53. The second kappa shape index (κ2) is 4.98. The van der Waals surface area contributed by atoms with Gasteiger partial charge in [0.25, 0.3) is 0 Å². The van der Waals surface area contributed by atoms with Crippen molar-refractivity contribution in [3.63, 3.8) is 0 Å². The normalized spacial score (nSPS) is 21.2. The van der Waals surface area contributed by atoms with Crippen molar-refractivity contribution < 1.29 is 14.7 Å². The molecule has 0 bridgehead atoms. The van der Waals surface area contributed by atoms with E-state index in [9.17, 15) is 9.59 Å². The van der Waals surface area contributed by atoms with Crippen molar-refractivity contribution in [1.29, 1.82) is 0 Å². The predicted octanol–water partition coefficient (Wildman–Crippen LogP) is 1.25. The molecule has 1 N–H and O–H groups in total. The lowest BCUT2D eigenvalue weighted by Crippen LogP contribution is -2.44. The Labute approximate surface area is 83.9 Å². The zero-order chi connectivity index (χ0) is 10.6. The molecule has 4 heteroatoms. The number of hydrogen-bond donors (Lipinski definition) is 1. The number of rotatable bonds is 2. The average molecular weight is 199 g/mol. The highest BCUT2D eigenvalue weighted by atomic mass is 16.4. The molecule has 0 aliphatic carbocycles. The van der Waals surface area contributed by atoms with Gasteiger partial charge in [-0.2, -0.15) is 0 Å². The van der Waals surface area contributed by atoms with Crippen molar-refractivity contribution in [1.82, 2.24) is 4.90 Å². The Hall–Kier alpha value is -1.06. The van der Waals surface area contributed by atoms with Crippen molar-refractivity contribution >= 4 is 11.9 Å². The van der Waals surface area contributed by atoms with Crippen LogP contribution in [0.3, 0.4) is 0 Å². The highest BCUT2D eigenvalue weighted by molar-refractivity contribution is 5.83. The highest BCUT2D eigenvalue weighted by Crippen LogP contribution is 2.14. The summed E-state index contributed by atoms with van der Waals surface area (Å²) in [6, 6.07) is -0.680. The summed E-state index contributed by atoms with van der Waals surface area (Å²) in [4.78, 5) is 23.8. The molecule has 1 heterocycles. The molecule has 14 heavy (non-hydrogen) atoms. The van der Waals surface area contributed by atoms with Crippen LogP contribution in [0.25, 0.3) is 0 Å². The lowest BCUT2D eigenvalue weighted by Gasteiger charge is -2.28. The molecule has 80 valence electrons. The summed E-state index contributed by atoms with van der Waals surface area (Å²) in [7, 11) is 0. The van der Waals surface area contributed by atoms with Crippen molar-refractivity contribution in [2.45, 2.75) is 45.1 Å². The molecule has 0 aromatic carbocycles. The Morgan fingerprint density at radius 3 is 2.64 bits per heavy atom. The molecule has 1 aliphatic rings. The molecule has 1 atom stereocenters. The van der Waals surface area contributed by atoms with E-state index in [1.165, 1.54) is 4.90 Å². The summed E-state index contributed by atoms with van der Waals surface area (Å²) >= 11 is 0. The molecule has 1 aliphatic heterocycles. The molecule has 1 unspecified atom stereocenters. The van der Waals surface area contributed by atoms with Crippen molar-refractivity contribution in [2.75, 3.05) is 6.54 Å². The van der Waals surface area contributed by atoms with E-state index in [0.29, 0.717) is 13.0 Å². The minimum atomic E-state index is -0.918. The summed E-state index contributed by atoms with van der Waals surface area (Å²) in [5, 5.41) is 8.82. The number of carbonyl (C=O) groups is 2. The van der Waals surface area contributed by atoms with Gasteiger partial charge in [0.2, 0.25) is 5.91 Å². The number of carboxylic acids is 1. The number of hydrogen-bond acceptors (Lipinski definition) is 2. The molecule has 1 saturated heterocycles. The number of carboxylic acid groups (broad SMARTS) is 1. The number of carbonyl (C=O) groups excluding carboxylic acids is 1. The van der Waals surface area contributed by atoms with Crippen LogP contribution in [0.2, 0.25) is 0 Å². The molecule has 1 rings (SSSR count). The Morgan fingerprint density at radius 1 is 1.36 bits per heavy atom. The van der Waals surface area contributed by atoms with Gasteiger partial charge in [0, 0.05) is 13.0 Å². The summed E-state index contributed by atoms with van der Waals surface area (Å²) in [5.74, 6) is -0.932. The Kier molecular flexibility index (Phi) is 3.92. The van der Waals surface area contributed by atoms with E-state index in [1.54, 1.807) is 6.92 Å². The van der Waals surface area contributed by atoms with Gasteiger partial charge in [0.15, 0.2) is 0 Å². The van der Waals surface area contributed by atoms with Gasteiger partial charge >= 0.3 is 5.97 Å². The minimum absolute atomic E-state index is 0.0143. The third kappa shape index (κ3) is 2.72. The molecule has 0 aromatic heterocycles. The first-order valence-electron chi connectivity index (χ1n) is 5.15. The van der Waals surface area contributed by atoms with Gasteiger partial charge in [-0.15, -0.1) is 0 Å². The first kappa shape index (κ1) is 11.0. The Balaban J connectivity index is 2.61. The van der Waals surface area contributed by atoms with Crippen LogP contribution in [0.4, 0.5) is 0 Å². The maximum absolute atomic E-state index is 11.6. The van der Waals surface area contributed by atoms with E-state index in [1.807, 2.05) is 0 Å². The van der Waals surface area contributed by atoms with Crippen molar-refractivity contribution in [3.8, 4) is 0 Å². The van der Waals surface area contributed by atoms with E-state index in [2.05, 4.69) is 0 Å². The lowest BCUT2D eigenvalue weighted by molar-refractivity contribution is -0.149. The Morgan fingerprint density at radius 2 is 2.00 bits per heavy atom. The van der Waals surface area contributed by atoms with Crippen LogP contribution in [-0.4, -0.2) is 34.5 Å². The predicted molar refractivity (Wildman–Crippen MR) is 51.9 cm³/mol. The van der Waals surface area contributed by atoms with Gasteiger partial charge < -0.3 is 10.0 Å². The fraction of sp³-hybridized carbons (Fsp3) is 0.800. The van der Waals surface area contributed by atoms with Crippen molar-refractivity contribution in [3.05, 3.63) is 0 Å². The first-order valence-corrected chi connectivity index (χ1v) is 5.15. The number of likely N-dealkylation sites (tertiary alicyclic amines) is 1. The van der Waals surface area contributed by atoms with Crippen LogP contribution in [0.5, 0.6) is 0 Å². The maximum Gasteiger partial charge on any atom is 0.326 e. The third-order valence-electron chi connectivity index (χ3n) is 2.68. The molecule has 0 spiro atoms. The van der Waals surface area contributed by atoms with Gasteiger partial charge in [-0.05, 0) is 19.8 Å². The van der Waals surface area contributed by atoms with Crippen LogP contribution >= 0.6 is 0 Å². The van der Waals surface area contributed by atoms with Crippen LogP contribution < -0.4 is 0 Å². The van der Waals surface area contributed by atoms with Crippen LogP contribution in [-0.2, 0) is 9.59 Å². The minimum Gasteiger partial charge on any atom is -0.480 e. The quantitative estimate of drug-likeness (QED) is 0.728. The molecule has 4 nitrogen and oxygen atoms in total. The lowest BCUT2D eigenvalue weighted by atomic mass is 10.1. The van der Waals surface area contributed by atoms with E-state index in [0.717, 1.165) is 25.7 Å². The summed E-state index contributed by atoms with van der Waals surface area (Å²) in [6.45, 7) is 2.16. The first-order chi connectivity index (χ1) is 6.63. The zero-order valence-electron chi connectivity index (χ0n) is 8.53. The second-order valence-electron chi connectivity index (χ2n) is 3.77. The average Bonchev–Trinajstić information content (AvgIpc) is 2.11. The molecular formula is C10H17NO3. The highest BCUT2D eigenvalue weighted by Gasteiger charge is 2.25. The summed E-state index contributed by atoms with van der Waals surface area (Å²) in [5.41, 5.74) is 0. The molecule has 1 amide bonds. The van der Waals surface area contributed by atoms with E-state index < -0.39 is 12.0 Å². The van der Waals surface area contributed by atoms with Gasteiger partial charge in [-0.25, -0.2) is 4.79 Å². The number of aliphatic carboxylic acids is 1. The standard InChI is InChI=1S/C10H17NO3/c1-8(10(13)14)11-7-5-3-2-4-6-9(11)12/h8H,2-7H2,1H3,(H,13,14). The molecule has 0 aromatic rings. The fourth-order valence-corrected chi connectivity index (χ4v) is 1.72. The molecule has 1 fully saturated rings. The monoisotopic (exact) mass is 199 g/mol. The van der Waals surface area contributed by atoms with E-state index in [4.69, 9.17) is 5.11 Å². The second-order valence-corrected chi connectivity index (χ2v) is 3.77.